The lowest BCUT2D eigenvalue weighted by Crippen LogP contribution is -2.49. The summed E-state index contributed by atoms with van der Waals surface area (Å²) in [5.41, 5.74) is 4.89. The molecule has 7 nitrogen and oxygen atoms in total. The van der Waals surface area contributed by atoms with Crippen LogP contribution in [0.3, 0.4) is 0 Å². The van der Waals surface area contributed by atoms with Crippen molar-refractivity contribution in [3.8, 4) is 11.5 Å². The largest absolute Gasteiger partial charge is 0.497 e. The highest BCUT2D eigenvalue weighted by molar-refractivity contribution is 6.25. The lowest BCUT2D eigenvalue weighted by Gasteiger charge is -2.51. The molecule has 41 heavy (non-hydrogen) atoms. The van der Waals surface area contributed by atoms with Crippen LogP contribution in [0.1, 0.15) is 51.4 Å². The van der Waals surface area contributed by atoms with Crippen molar-refractivity contribution in [3.05, 3.63) is 119 Å². The van der Waals surface area contributed by atoms with Gasteiger partial charge in [-0.1, -0.05) is 48.5 Å². The van der Waals surface area contributed by atoms with Crippen LogP contribution >= 0.6 is 0 Å². The summed E-state index contributed by atoms with van der Waals surface area (Å²) in [6.07, 6.45) is 0. The lowest BCUT2D eigenvalue weighted by molar-refractivity contribution is -0.128. The van der Waals surface area contributed by atoms with Gasteiger partial charge in [-0.3, -0.25) is 14.4 Å². The molecule has 1 N–H and O–H groups in total. The highest BCUT2D eigenvalue weighted by Gasteiger charge is 2.68. The molecule has 0 saturated carbocycles. The van der Waals surface area contributed by atoms with Gasteiger partial charge in [-0.05, 0) is 65.6 Å². The first kappa shape index (κ1) is 25.1. The van der Waals surface area contributed by atoms with E-state index in [1.165, 1.54) is 12.0 Å². The average molecular weight is 545 g/mol. The SMILES string of the molecule is COc1ccc(OC)c(NC(=O)c2ccc(N3C(=O)[C@@H]4C5c6ccccc6C(c6ccccc65)[C@@]4(C)C3=O)cc2)c1. The summed E-state index contributed by atoms with van der Waals surface area (Å²) < 4.78 is 10.6. The maximum absolute atomic E-state index is 14.3. The highest BCUT2D eigenvalue weighted by Crippen LogP contribution is 2.67. The number of imide groups is 1. The molecule has 1 aliphatic heterocycles. The van der Waals surface area contributed by atoms with Crippen LogP contribution in [0.25, 0.3) is 0 Å². The fourth-order valence-corrected chi connectivity index (χ4v) is 7.23. The van der Waals surface area contributed by atoms with Crippen LogP contribution in [0.5, 0.6) is 11.5 Å². The first-order chi connectivity index (χ1) is 19.9. The first-order valence-electron chi connectivity index (χ1n) is 13.6. The highest BCUT2D eigenvalue weighted by atomic mass is 16.5. The molecular weight excluding hydrogens is 516 g/mol. The minimum absolute atomic E-state index is 0.193. The van der Waals surface area contributed by atoms with Gasteiger partial charge in [0, 0.05) is 23.5 Å². The number of ether oxygens (including phenoxy) is 2. The Kier molecular flexibility index (Phi) is 5.54. The molecule has 0 spiro atoms. The molecule has 0 aromatic heterocycles. The standard InChI is InChI=1S/C34H28N2O5/c1-34-29-24-10-6-4-8-22(24)28(23-9-5-7-11-25(23)29)30(34)32(38)36(33(34)39)20-14-12-19(13-15-20)31(37)35-26-18-21(40-2)16-17-27(26)41-3/h4-18,28-30H,1-3H3,(H,35,37)/t28?,29?,30-,34+/m0/s1. The van der Waals surface area contributed by atoms with Gasteiger partial charge in [0.1, 0.15) is 11.5 Å². The number of hydrogen-bond donors (Lipinski definition) is 1. The van der Waals surface area contributed by atoms with E-state index in [-0.39, 0.29) is 29.6 Å². The molecule has 0 radical (unpaired) electrons. The molecule has 0 unspecified atom stereocenters. The van der Waals surface area contributed by atoms with Crippen molar-refractivity contribution >= 4 is 29.1 Å². The van der Waals surface area contributed by atoms with Crippen LogP contribution in [0, 0.1) is 11.3 Å². The maximum atomic E-state index is 14.3. The summed E-state index contributed by atoms with van der Waals surface area (Å²) >= 11 is 0. The van der Waals surface area contributed by atoms with Crippen LogP contribution in [0.4, 0.5) is 11.4 Å². The van der Waals surface area contributed by atoms with Crippen molar-refractivity contribution < 1.29 is 23.9 Å². The number of hydrogen-bond acceptors (Lipinski definition) is 5. The molecule has 1 heterocycles. The normalized spacial score (nSPS) is 23.5. The number of benzene rings is 4. The van der Waals surface area contributed by atoms with Crippen LogP contribution in [0.15, 0.2) is 91.0 Å². The molecular formula is C34H28N2O5. The van der Waals surface area contributed by atoms with Gasteiger partial charge in [0.25, 0.3) is 5.91 Å². The van der Waals surface area contributed by atoms with Gasteiger partial charge in [0.05, 0.1) is 36.9 Å². The van der Waals surface area contributed by atoms with Gasteiger partial charge in [-0.15, -0.1) is 0 Å². The van der Waals surface area contributed by atoms with E-state index in [1.807, 2.05) is 31.2 Å². The maximum Gasteiger partial charge on any atom is 0.255 e. The van der Waals surface area contributed by atoms with Crippen molar-refractivity contribution in [1.29, 1.82) is 0 Å². The van der Waals surface area contributed by atoms with Gasteiger partial charge in [-0.2, -0.15) is 0 Å². The fourth-order valence-electron chi connectivity index (χ4n) is 7.23. The van der Waals surface area contributed by atoms with Gasteiger partial charge in [-0.25, -0.2) is 4.90 Å². The number of nitrogens with zero attached hydrogens (tertiary/aromatic N) is 1. The van der Waals surface area contributed by atoms with Crippen molar-refractivity contribution in [2.24, 2.45) is 11.3 Å². The molecule has 4 aromatic carbocycles. The predicted molar refractivity (Wildman–Crippen MR) is 155 cm³/mol. The quantitative estimate of drug-likeness (QED) is 0.324. The third kappa shape index (κ3) is 3.41. The molecule has 3 aliphatic carbocycles. The number of nitrogens with one attached hydrogen (secondary N) is 1. The van der Waals surface area contributed by atoms with E-state index in [2.05, 4.69) is 29.6 Å². The van der Waals surface area contributed by atoms with Crippen molar-refractivity contribution in [2.45, 2.75) is 18.8 Å². The predicted octanol–water partition coefficient (Wildman–Crippen LogP) is 5.74. The Hall–Kier alpha value is -4.91. The summed E-state index contributed by atoms with van der Waals surface area (Å²) in [6, 6.07) is 28.1. The van der Waals surface area contributed by atoms with Crippen molar-refractivity contribution in [3.63, 3.8) is 0 Å². The molecule has 1 fully saturated rings. The van der Waals surface area contributed by atoms with Crippen LogP contribution < -0.4 is 19.7 Å². The third-order valence-corrected chi connectivity index (χ3v) is 9.06. The second kappa shape index (κ2) is 9.06. The first-order valence-corrected chi connectivity index (χ1v) is 13.6. The Bertz CT molecular complexity index is 1700. The smallest absolute Gasteiger partial charge is 0.255 e. The Morgan fingerprint density at radius 1 is 0.805 bits per heavy atom. The van der Waals surface area contributed by atoms with E-state index in [0.717, 1.165) is 22.3 Å². The zero-order valence-corrected chi connectivity index (χ0v) is 22.9. The Balaban J connectivity index is 1.22. The van der Waals surface area contributed by atoms with Crippen molar-refractivity contribution in [2.75, 3.05) is 24.4 Å². The van der Waals surface area contributed by atoms with E-state index >= 15 is 0 Å². The van der Waals surface area contributed by atoms with Crippen LogP contribution in [-0.4, -0.2) is 31.9 Å². The summed E-state index contributed by atoms with van der Waals surface area (Å²) in [5.74, 6) is -0.595. The Morgan fingerprint density at radius 3 is 2.00 bits per heavy atom. The minimum atomic E-state index is -0.913. The zero-order chi connectivity index (χ0) is 28.5. The Labute approximate surface area is 237 Å². The van der Waals surface area contributed by atoms with Gasteiger partial charge < -0.3 is 14.8 Å². The molecule has 4 aliphatic rings. The molecule has 3 amide bonds. The van der Waals surface area contributed by atoms with Crippen LogP contribution in [0.2, 0.25) is 0 Å². The number of methoxy groups -OCH3 is 2. The van der Waals surface area contributed by atoms with Crippen molar-refractivity contribution in [1.82, 2.24) is 0 Å². The van der Waals surface area contributed by atoms with Gasteiger partial charge >= 0.3 is 0 Å². The number of amides is 3. The van der Waals surface area contributed by atoms with Gasteiger partial charge in [0.2, 0.25) is 11.8 Å². The topological polar surface area (TPSA) is 84.9 Å². The molecule has 7 heteroatoms. The number of rotatable bonds is 5. The molecule has 8 rings (SSSR count). The number of anilines is 2. The zero-order valence-electron chi connectivity index (χ0n) is 22.9. The molecule has 1 saturated heterocycles. The van der Waals surface area contributed by atoms with Crippen LogP contribution in [-0.2, 0) is 9.59 Å². The summed E-state index contributed by atoms with van der Waals surface area (Å²) in [6.45, 7) is 1.95. The minimum Gasteiger partial charge on any atom is -0.497 e. The van der Waals surface area contributed by atoms with E-state index < -0.39 is 11.3 Å². The summed E-state index contributed by atoms with van der Waals surface area (Å²) in [5, 5.41) is 2.85. The van der Waals surface area contributed by atoms with E-state index in [0.29, 0.717) is 28.4 Å². The molecule has 204 valence electrons. The monoisotopic (exact) mass is 544 g/mol. The second-order valence-corrected chi connectivity index (χ2v) is 11.0. The summed E-state index contributed by atoms with van der Waals surface area (Å²) in [7, 11) is 3.07. The Morgan fingerprint density at radius 2 is 1.41 bits per heavy atom. The lowest BCUT2D eigenvalue weighted by atomic mass is 9.48. The van der Waals surface area contributed by atoms with E-state index in [4.69, 9.17) is 9.47 Å². The van der Waals surface area contributed by atoms with Gasteiger partial charge in [0.15, 0.2) is 0 Å². The summed E-state index contributed by atoms with van der Waals surface area (Å²) in [4.78, 5) is 42.8. The van der Waals surface area contributed by atoms with E-state index in [9.17, 15) is 14.4 Å². The molecule has 4 aromatic rings. The molecule has 2 bridgehead atoms. The fraction of sp³-hybridized carbons (Fsp3) is 0.206. The third-order valence-electron chi connectivity index (χ3n) is 9.06. The number of carbonyl (C=O) groups excluding carboxylic acids is 3. The second-order valence-electron chi connectivity index (χ2n) is 11.0. The van der Waals surface area contributed by atoms with E-state index in [1.54, 1.807) is 49.6 Å². The average Bonchev–Trinajstić information content (AvgIpc) is 3.21. The molecule has 2 atom stereocenters. The number of carbonyl (C=O) groups is 3.